The van der Waals surface area contributed by atoms with Crippen LogP contribution < -0.4 is 0 Å². The Balaban J connectivity index is 2.56. The Morgan fingerprint density at radius 3 is 2.61 bits per heavy atom. The molecule has 0 radical (unpaired) electrons. The van der Waals surface area contributed by atoms with Crippen LogP contribution in [0.25, 0.3) is 11.4 Å². The zero-order chi connectivity index (χ0) is 13.3. The molecule has 1 aromatic carbocycles. The van der Waals surface area contributed by atoms with E-state index in [1.54, 1.807) is 0 Å². The third kappa shape index (κ3) is 2.26. The van der Waals surface area contributed by atoms with Crippen LogP contribution in [0.2, 0.25) is 5.02 Å². The predicted octanol–water partition coefficient (Wildman–Crippen LogP) is 2.98. The fraction of sp³-hybridized carbons (Fsp3) is 0.385. The maximum absolute atomic E-state index is 9.28. The molecule has 2 aromatic rings. The Morgan fingerprint density at radius 1 is 1.33 bits per heavy atom. The molecule has 0 aliphatic carbocycles. The molecule has 1 heterocycles. The van der Waals surface area contributed by atoms with Gasteiger partial charge in [0.05, 0.1) is 0 Å². The second-order valence-electron chi connectivity index (χ2n) is 4.53. The molecule has 2 rings (SSSR count). The monoisotopic (exact) mass is 265 g/mol. The van der Waals surface area contributed by atoms with Gasteiger partial charge in [0.15, 0.2) is 11.6 Å². The van der Waals surface area contributed by atoms with Gasteiger partial charge in [-0.05, 0) is 44.5 Å². The Morgan fingerprint density at radius 2 is 2.06 bits per heavy atom. The van der Waals surface area contributed by atoms with Crippen LogP contribution in [0.4, 0.5) is 0 Å². The quantitative estimate of drug-likeness (QED) is 0.928. The molecule has 1 N–H and O–H groups in total. The molecule has 0 saturated carbocycles. The molecular formula is C13H16ClN3O. The van der Waals surface area contributed by atoms with Crippen LogP contribution in [0, 0.1) is 6.92 Å². The topological polar surface area (TPSA) is 50.9 Å². The number of nitrogens with zero attached hydrogens (tertiary/aromatic N) is 3. The summed E-state index contributed by atoms with van der Waals surface area (Å²) in [5, 5.41) is 18.2. The normalized spacial score (nSPS) is 11.2. The van der Waals surface area contributed by atoms with Crippen molar-refractivity contribution in [3.05, 3.63) is 34.6 Å². The number of hydrogen-bond acceptors (Lipinski definition) is 3. The fourth-order valence-corrected chi connectivity index (χ4v) is 2.07. The summed E-state index contributed by atoms with van der Waals surface area (Å²) in [7, 11) is 0. The van der Waals surface area contributed by atoms with Crippen LogP contribution in [0.1, 0.15) is 31.3 Å². The van der Waals surface area contributed by atoms with Crippen molar-refractivity contribution in [1.29, 1.82) is 0 Å². The van der Waals surface area contributed by atoms with E-state index in [1.165, 1.54) is 0 Å². The molecular weight excluding hydrogens is 250 g/mol. The first kappa shape index (κ1) is 13.1. The van der Waals surface area contributed by atoms with Gasteiger partial charge < -0.3 is 9.67 Å². The van der Waals surface area contributed by atoms with E-state index in [0.717, 1.165) is 22.0 Å². The fourth-order valence-electron chi connectivity index (χ4n) is 1.95. The van der Waals surface area contributed by atoms with Crippen molar-refractivity contribution in [2.24, 2.45) is 0 Å². The van der Waals surface area contributed by atoms with Crippen LogP contribution >= 0.6 is 11.6 Å². The first-order valence-corrected chi connectivity index (χ1v) is 6.23. The average Bonchev–Trinajstić information content (AvgIpc) is 2.76. The summed E-state index contributed by atoms with van der Waals surface area (Å²) in [6, 6.07) is 5.93. The number of rotatable bonds is 3. The molecule has 5 heteroatoms. The highest BCUT2D eigenvalue weighted by Crippen LogP contribution is 2.26. The summed E-state index contributed by atoms with van der Waals surface area (Å²) in [6.45, 7) is 5.91. The van der Waals surface area contributed by atoms with Crippen molar-refractivity contribution in [1.82, 2.24) is 14.8 Å². The number of hydrogen-bond donors (Lipinski definition) is 1. The van der Waals surface area contributed by atoms with Gasteiger partial charge in [0.2, 0.25) is 0 Å². The summed E-state index contributed by atoms with van der Waals surface area (Å²) in [5.74, 6) is 1.33. The first-order chi connectivity index (χ1) is 8.54. The van der Waals surface area contributed by atoms with Crippen LogP contribution in [0.5, 0.6) is 0 Å². The molecule has 4 nitrogen and oxygen atoms in total. The van der Waals surface area contributed by atoms with Crippen LogP contribution in [-0.4, -0.2) is 19.9 Å². The highest BCUT2D eigenvalue weighted by atomic mass is 35.5. The van der Waals surface area contributed by atoms with E-state index in [-0.39, 0.29) is 12.6 Å². The lowest BCUT2D eigenvalue weighted by Gasteiger charge is -2.13. The van der Waals surface area contributed by atoms with E-state index in [9.17, 15) is 5.11 Å². The maximum Gasteiger partial charge on any atom is 0.164 e. The molecule has 0 amide bonds. The highest BCUT2D eigenvalue weighted by Gasteiger charge is 2.15. The van der Waals surface area contributed by atoms with Crippen molar-refractivity contribution in [2.45, 2.75) is 33.4 Å². The van der Waals surface area contributed by atoms with Gasteiger partial charge in [-0.1, -0.05) is 11.6 Å². The van der Waals surface area contributed by atoms with Crippen LogP contribution in [0.15, 0.2) is 18.2 Å². The van der Waals surface area contributed by atoms with E-state index < -0.39 is 0 Å². The molecule has 0 fully saturated rings. The lowest BCUT2D eigenvalue weighted by atomic mass is 10.1. The van der Waals surface area contributed by atoms with Crippen LogP contribution in [0.3, 0.4) is 0 Å². The summed E-state index contributed by atoms with van der Waals surface area (Å²) >= 11 is 6.02. The van der Waals surface area contributed by atoms with Gasteiger partial charge in [-0.25, -0.2) is 0 Å². The molecule has 1 aromatic heterocycles. The summed E-state index contributed by atoms with van der Waals surface area (Å²) in [4.78, 5) is 0. The smallest absolute Gasteiger partial charge is 0.164 e. The number of halogens is 1. The Labute approximate surface area is 111 Å². The number of aromatic nitrogens is 3. The Hall–Kier alpha value is -1.39. The highest BCUT2D eigenvalue weighted by molar-refractivity contribution is 6.31. The first-order valence-electron chi connectivity index (χ1n) is 5.85. The van der Waals surface area contributed by atoms with Gasteiger partial charge in [0.1, 0.15) is 6.61 Å². The van der Waals surface area contributed by atoms with Gasteiger partial charge >= 0.3 is 0 Å². The van der Waals surface area contributed by atoms with Gasteiger partial charge in [-0.2, -0.15) is 0 Å². The Bertz CT molecular complexity index is 563. The third-order valence-corrected chi connectivity index (χ3v) is 3.26. The van der Waals surface area contributed by atoms with E-state index >= 15 is 0 Å². The second-order valence-corrected chi connectivity index (χ2v) is 4.93. The van der Waals surface area contributed by atoms with Crippen molar-refractivity contribution in [2.75, 3.05) is 0 Å². The molecule has 0 unspecified atom stereocenters. The van der Waals surface area contributed by atoms with E-state index in [4.69, 9.17) is 11.6 Å². The van der Waals surface area contributed by atoms with Gasteiger partial charge in [0, 0.05) is 16.6 Å². The second kappa shape index (κ2) is 5.08. The van der Waals surface area contributed by atoms with Gasteiger partial charge in [-0.3, -0.25) is 0 Å². The molecule has 0 spiro atoms. The largest absolute Gasteiger partial charge is 0.388 e. The van der Waals surface area contributed by atoms with Crippen molar-refractivity contribution < 1.29 is 5.11 Å². The summed E-state index contributed by atoms with van der Waals surface area (Å²) in [5.41, 5.74) is 1.95. The number of aliphatic hydroxyl groups excluding tert-OH is 1. The van der Waals surface area contributed by atoms with E-state index in [2.05, 4.69) is 10.2 Å². The molecule has 0 saturated heterocycles. The molecule has 0 atom stereocenters. The number of aliphatic hydroxyl groups is 1. The lowest BCUT2D eigenvalue weighted by molar-refractivity contribution is 0.262. The SMILES string of the molecule is Cc1cc(-c2nnc(CO)n2C(C)C)ccc1Cl. The summed E-state index contributed by atoms with van der Waals surface area (Å²) in [6.07, 6.45) is 0. The molecule has 0 bridgehead atoms. The minimum atomic E-state index is -0.113. The zero-order valence-electron chi connectivity index (χ0n) is 10.7. The van der Waals surface area contributed by atoms with E-state index in [0.29, 0.717) is 5.82 Å². The number of benzene rings is 1. The summed E-state index contributed by atoms with van der Waals surface area (Å²) < 4.78 is 1.93. The Kier molecular flexibility index (Phi) is 3.68. The lowest BCUT2D eigenvalue weighted by Crippen LogP contribution is -2.08. The average molecular weight is 266 g/mol. The standard InChI is InChI=1S/C13H16ClN3O/c1-8(2)17-12(7-18)15-16-13(17)10-4-5-11(14)9(3)6-10/h4-6,8,18H,7H2,1-3H3. The maximum atomic E-state index is 9.28. The van der Waals surface area contributed by atoms with Crippen molar-refractivity contribution >= 4 is 11.6 Å². The van der Waals surface area contributed by atoms with Gasteiger partial charge in [-0.15, -0.1) is 10.2 Å². The van der Waals surface area contributed by atoms with Crippen molar-refractivity contribution in [3.8, 4) is 11.4 Å². The zero-order valence-corrected chi connectivity index (χ0v) is 11.4. The molecule has 96 valence electrons. The van der Waals surface area contributed by atoms with Gasteiger partial charge in [0.25, 0.3) is 0 Å². The third-order valence-electron chi connectivity index (χ3n) is 2.84. The van der Waals surface area contributed by atoms with Crippen LogP contribution in [-0.2, 0) is 6.61 Å². The number of aryl methyl sites for hydroxylation is 1. The molecule has 0 aliphatic rings. The van der Waals surface area contributed by atoms with E-state index in [1.807, 2.05) is 43.5 Å². The molecule has 18 heavy (non-hydrogen) atoms. The minimum absolute atomic E-state index is 0.113. The minimum Gasteiger partial charge on any atom is -0.388 e. The molecule has 0 aliphatic heterocycles. The van der Waals surface area contributed by atoms with Crippen molar-refractivity contribution in [3.63, 3.8) is 0 Å². The predicted molar refractivity (Wildman–Crippen MR) is 71.5 cm³/mol.